The van der Waals surface area contributed by atoms with Gasteiger partial charge in [0.25, 0.3) is 0 Å². The number of fused-ring (bicyclic) bond motifs is 3. The van der Waals surface area contributed by atoms with Crippen molar-refractivity contribution in [1.82, 2.24) is 9.80 Å². The highest BCUT2D eigenvalue weighted by Gasteiger charge is 2.66. The first kappa shape index (κ1) is 23.6. The monoisotopic (exact) mass is 490 g/mol. The van der Waals surface area contributed by atoms with Crippen LogP contribution in [0.2, 0.25) is 0 Å². The topological polar surface area (TPSA) is 90.3 Å². The summed E-state index contributed by atoms with van der Waals surface area (Å²) < 4.78 is 6.21. The van der Waals surface area contributed by atoms with Gasteiger partial charge in [0.1, 0.15) is 5.75 Å². The fourth-order valence-corrected chi connectivity index (χ4v) is 7.14. The molecule has 1 saturated carbocycles. The van der Waals surface area contributed by atoms with Gasteiger partial charge in [-0.1, -0.05) is 49.4 Å². The Morgan fingerprint density at radius 3 is 2.47 bits per heavy atom. The summed E-state index contributed by atoms with van der Waals surface area (Å²) >= 11 is 0. The third-order valence-corrected chi connectivity index (χ3v) is 9.00. The molecule has 3 saturated heterocycles. The SMILES string of the molecule is C[C@H]1C[C@@H]2C(=O)N(C3CCN(Cc4ccccc4)CC3)C(=O)[C@@H]2[C@@H]2C[C@@H](c3cccc(O)c3)O[C@]12O. The molecule has 0 aromatic heterocycles. The molecule has 2 N–H and O–H groups in total. The average Bonchev–Trinajstić information content (AvgIpc) is 3.35. The van der Waals surface area contributed by atoms with Gasteiger partial charge in [0.2, 0.25) is 11.8 Å². The smallest absolute Gasteiger partial charge is 0.233 e. The molecule has 0 unspecified atom stereocenters. The van der Waals surface area contributed by atoms with E-state index in [4.69, 9.17) is 4.74 Å². The minimum Gasteiger partial charge on any atom is -0.508 e. The molecule has 3 heterocycles. The van der Waals surface area contributed by atoms with Gasteiger partial charge >= 0.3 is 0 Å². The van der Waals surface area contributed by atoms with E-state index in [0.29, 0.717) is 12.8 Å². The van der Waals surface area contributed by atoms with Crippen molar-refractivity contribution in [3.8, 4) is 5.75 Å². The second kappa shape index (κ2) is 8.98. The second-order valence-corrected chi connectivity index (χ2v) is 11.1. The summed E-state index contributed by atoms with van der Waals surface area (Å²) in [5.74, 6) is -3.19. The highest BCUT2D eigenvalue weighted by atomic mass is 16.6. The number of aromatic hydroxyl groups is 1. The fraction of sp³-hybridized carbons (Fsp3) is 0.517. The first-order valence-electron chi connectivity index (χ1n) is 13.2. The number of benzene rings is 2. The molecule has 2 aromatic rings. The zero-order valence-electron chi connectivity index (χ0n) is 20.6. The largest absolute Gasteiger partial charge is 0.508 e. The van der Waals surface area contributed by atoms with E-state index in [1.807, 2.05) is 31.2 Å². The highest BCUT2D eigenvalue weighted by molar-refractivity contribution is 6.05. The lowest BCUT2D eigenvalue weighted by Crippen LogP contribution is -2.52. The Bertz CT molecular complexity index is 1150. The Balaban J connectivity index is 1.18. The van der Waals surface area contributed by atoms with Gasteiger partial charge in [-0.05, 0) is 48.9 Å². The Hall–Kier alpha value is -2.74. The average molecular weight is 491 g/mol. The number of likely N-dealkylation sites (tertiary alicyclic amines) is 2. The molecule has 36 heavy (non-hydrogen) atoms. The maximum Gasteiger partial charge on any atom is 0.233 e. The predicted molar refractivity (Wildman–Crippen MR) is 132 cm³/mol. The number of imide groups is 1. The van der Waals surface area contributed by atoms with Gasteiger partial charge in [-0.15, -0.1) is 0 Å². The van der Waals surface area contributed by atoms with Crippen LogP contribution in [0.5, 0.6) is 5.75 Å². The number of piperidine rings is 1. The van der Waals surface area contributed by atoms with Crippen molar-refractivity contribution in [1.29, 1.82) is 0 Å². The summed E-state index contributed by atoms with van der Waals surface area (Å²) in [4.78, 5) is 31.3. The molecular weight excluding hydrogens is 456 g/mol. The maximum atomic E-state index is 13.8. The van der Waals surface area contributed by atoms with Crippen LogP contribution >= 0.6 is 0 Å². The van der Waals surface area contributed by atoms with Crippen LogP contribution in [-0.2, 0) is 20.9 Å². The number of phenols is 1. The molecule has 6 rings (SSSR count). The summed E-state index contributed by atoms with van der Waals surface area (Å²) in [6, 6.07) is 17.1. The molecule has 6 atom stereocenters. The van der Waals surface area contributed by atoms with Crippen LogP contribution < -0.4 is 0 Å². The number of ether oxygens (including phenoxy) is 1. The maximum absolute atomic E-state index is 13.8. The van der Waals surface area contributed by atoms with Crippen LogP contribution in [0.4, 0.5) is 0 Å². The molecule has 0 radical (unpaired) electrons. The second-order valence-electron chi connectivity index (χ2n) is 11.1. The molecule has 0 spiro atoms. The molecule has 4 aliphatic rings. The minimum atomic E-state index is -1.46. The van der Waals surface area contributed by atoms with E-state index in [-0.39, 0.29) is 29.5 Å². The van der Waals surface area contributed by atoms with E-state index >= 15 is 0 Å². The molecule has 1 aliphatic carbocycles. The molecule has 7 nitrogen and oxygen atoms in total. The lowest BCUT2D eigenvalue weighted by atomic mass is 9.65. The van der Waals surface area contributed by atoms with Crippen molar-refractivity contribution in [2.45, 2.75) is 57.1 Å². The van der Waals surface area contributed by atoms with E-state index in [2.05, 4.69) is 17.0 Å². The zero-order valence-corrected chi connectivity index (χ0v) is 20.6. The minimum absolute atomic E-state index is 0.0683. The summed E-state index contributed by atoms with van der Waals surface area (Å²) in [5, 5.41) is 21.6. The molecule has 4 fully saturated rings. The molecule has 190 valence electrons. The molecule has 3 aliphatic heterocycles. The summed E-state index contributed by atoms with van der Waals surface area (Å²) in [6.07, 6.45) is 2.02. The Morgan fingerprint density at radius 1 is 1.00 bits per heavy atom. The number of nitrogens with zero attached hydrogens (tertiary/aromatic N) is 2. The first-order chi connectivity index (χ1) is 17.3. The lowest BCUT2D eigenvalue weighted by Gasteiger charge is -2.43. The number of rotatable bonds is 4. The third-order valence-electron chi connectivity index (χ3n) is 9.00. The Morgan fingerprint density at radius 2 is 1.75 bits per heavy atom. The molecular formula is C29H34N2O5. The van der Waals surface area contributed by atoms with E-state index in [1.165, 1.54) is 5.56 Å². The van der Waals surface area contributed by atoms with Gasteiger partial charge in [0.05, 0.1) is 17.9 Å². The van der Waals surface area contributed by atoms with Gasteiger partial charge in [0, 0.05) is 37.5 Å². The number of carbonyl (C=O) groups excluding carboxylic acids is 2. The number of aliphatic hydroxyl groups is 1. The van der Waals surface area contributed by atoms with Crippen LogP contribution in [0.1, 0.15) is 49.8 Å². The summed E-state index contributed by atoms with van der Waals surface area (Å²) in [7, 11) is 0. The van der Waals surface area contributed by atoms with Crippen molar-refractivity contribution >= 4 is 11.8 Å². The van der Waals surface area contributed by atoms with Gasteiger partial charge in [-0.25, -0.2) is 0 Å². The highest BCUT2D eigenvalue weighted by Crippen LogP contribution is 2.58. The van der Waals surface area contributed by atoms with Crippen molar-refractivity contribution in [2.24, 2.45) is 23.7 Å². The zero-order chi connectivity index (χ0) is 25.0. The van der Waals surface area contributed by atoms with Gasteiger partial charge in [0.15, 0.2) is 5.79 Å². The fourth-order valence-electron chi connectivity index (χ4n) is 7.14. The van der Waals surface area contributed by atoms with Gasteiger partial charge in [-0.3, -0.25) is 19.4 Å². The predicted octanol–water partition coefficient (Wildman–Crippen LogP) is 3.46. The number of amides is 2. The number of carbonyl (C=O) groups is 2. The van der Waals surface area contributed by atoms with Crippen molar-refractivity contribution in [2.75, 3.05) is 13.1 Å². The van der Waals surface area contributed by atoms with E-state index < -0.39 is 29.6 Å². The van der Waals surface area contributed by atoms with Gasteiger partial charge in [-0.2, -0.15) is 0 Å². The van der Waals surface area contributed by atoms with Crippen LogP contribution in [0.25, 0.3) is 0 Å². The van der Waals surface area contributed by atoms with Crippen molar-refractivity contribution in [3.63, 3.8) is 0 Å². The van der Waals surface area contributed by atoms with Crippen molar-refractivity contribution in [3.05, 3.63) is 65.7 Å². The standard InChI is InChI=1S/C29H34N2O5/c1-18-14-23-26(24-16-25(36-29(18,24)35)20-8-5-9-22(32)15-20)28(34)31(27(23)33)21-10-12-30(13-11-21)17-19-6-3-2-4-7-19/h2-9,15,18,21,23-26,32,35H,10-14,16-17H2,1H3/t18-,23-,24-,25-,26-,29+/m0/s1. The lowest BCUT2D eigenvalue weighted by molar-refractivity contribution is -0.265. The Labute approximate surface area is 211 Å². The van der Waals surface area contributed by atoms with Crippen LogP contribution in [0, 0.1) is 23.7 Å². The van der Waals surface area contributed by atoms with Gasteiger partial charge < -0.3 is 14.9 Å². The number of hydrogen-bond acceptors (Lipinski definition) is 6. The van der Waals surface area contributed by atoms with E-state index in [0.717, 1.165) is 38.0 Å². The van der Waals surface area contributed by atoms with Crippen LogP contribution in [0.3, 0.4) is 0 Å². The summed E-state index contributed by atoms with van der Waals surface area (Å²) in [5.41, 5.74) is 2.05. The molecule has 0 bridgehead atoms. The van der Waals surface area contributed by atoms with E-state index in [9.17, 15) is 19.8 Å². The normalized spacial score (nSPS) is 35.2. The molecule has 2 aromatic carbocycles. The summed E-state index contributed by atoms with van der Waals surface area (Å²) in [6.45, 7) is 4.48. The third kappa shape index (κ3) is 3.85. The van der Waals surface area contributed by atoms with Crippen LogP contribution in [0.15, 0.2) is 54.6 Å². The Kier molecular flexibility index (Phi) is 5.90. The first-order valence-corrected chi connectivity index (χ1v) is 13.2. The molecule has 2 amide bonds. The molecule has 7 heteroatoms. The van der Waals surface area contributed by atoms with Crippen LogP contribution in [-0.4, -0.2) is 56.7 Å². The van der Waals surface area contributed by atoms with Crippen molar-refractivity contribution < 1.29 is 24.5 Å². The number of phenolic OH excluding ortho intramolecular Hbond substituents is 1. The number of hydrogen-bond donors (Lipinski definition) is 2. The van der Waals surface area contributed by atoms with E-state index in [1.54, 1.807) is 23.1 Å². The quantitative estimate of drug-likeness (QED) is 0.638.